The predicted octanol–water partition coefficient (Wildman–Crippen LogP) is 3.81. The van der Waals surface area contributed by atoms with Crippen molar-refractivity contribution in [2.24, 2.45) is 0 Å². The second kappa shape index (κ2) is 5.94. The van der Waals surface area contributed by atoms with Gasteiger partial charge in [-0.05, 0) is 56.1 Å². The molecule has 1 amide bonds. The Bertz CT molecular complexity index is 700. The summed E-state index contributed by atoms with van der Waals surface area (Å²) in [6.07, 6.45) is 0. The third-order valence-corrected chi connectivity index (χ3v) is 4.76. The number of amides is 1. The zero-order chi connectivity index (χ0) is 14.9. The van der Waals surface area contributed by atoms with E-state index in [1.165, 1.54) is 29.5 Å². The Morgan fingerprint density at radius 2 is 1.90 bits per heavy atom. The molecule has 1 heterocycles. The fourth-order valence-electron chi connectivity index (χ4n) is 1.54. The molecule has 5 nitrogen and oxygen atoms in total. The lowest BCUT2D eigenvalue weighted by Gasteiger charge is -2.09. The Hall–Kier alpha value is -1.38. The van der Waals surface area contributed by atoms with Crippen LogP contribution in [0.25, 0.3) is 0 Å². The van der Waals surface area contributed by atoms with Gasteiger partial charge in [-0.15, -0.1) is 11.3 Å². The first-order chi connectivity index (χ1) is 9.38. The van der Waals surface area contributed by atoms with Gasteiger partial charge in [0.1, 0.15) is 0 Å². The highest BCUT2D eigenvalue weighted by atomic mass is 79.9. The second-order valence-corrected chi connectivity index (χ2v) is 7.55. The third-order valence-electron chi connectivity index (χ3n) is 2.42. The number of rotatable bonds is 3. The number of hydrogen-bond donors (Lipinski definition) is 3. The van der Waals surface area contributed by atoms with Gasteiger partial charge in [0, 0.05) is 5.69 Å². The van der Waals surface area contributed by atoms with Crippen molar-refractivity contribution in [1.29, 1.82) is 0 Å². The van der Waals surface area contributed by atoms with Crippen LogP contribution in [-0.4, -0.2) is 17.0 Å². The topological polar surface area (TPSA) is 92.4 Å². The Kier molecular flexibility index (Phi) is 4.46. The molecule has 0 atom stereocenters. The summed E-state index contributed by atoms with van der Waals surface area (Å²) in [5.74, 6) is -1.54. The first-order valence-electron chi connectivity index (χ1n) is 5.27. The van der Waals surface area contributed by atoms with Gasteiger partial charge in [0.25, 0.3) is 5.91 Å². The van der Waals surface area contributed by atoms with E-state index < -0.39 is 11.9 Å². The van der Waals surface area contributed by atoms with Crippen molar-refractivity contribution < 1.29 is 14.7 Å². The molecule has 2 aromatic rings. The highest BCUT2D eigenvalue weighted by molar-refractivity contribution is 9.12. The second-order valence-electron chi connectivity index (χ2n) is 3.80. The number of benzene rings is 1. The number of aromatic carboxylic acids is 1. The first-order valence-corrected chi connectivity index (χ1v) is 7.67. The van der Waals surface area contributed by atoms with Crippen molar-refractivity contribution in [3.63, 3.8) is 0 Å². The molecular formula is C12H8Br2N2O3S. The highest BCUT2D eigenvalue weighted by Gasteiger charge is 2.17. The summed E-state index contributed by atoms with van der Waals surface area (Å²) in [4.78, 5) is 23.3. The molecule has 0 saturated heterocycles. The van der Waals surface area contributed by atoms with Gasteiger partial charge in [-0.2, -0.15) is 0 Å². The van der Waals surface area contributed by atoms with Crippen LogP contribution >= 0.6 is 43.2 Å². The minimum Gasteiger partial charge on any atom is -0.478 e. The number of carbonyl (C=O) groups is 2. The number of anilines is 2. The molecule has 0 aliphatic carbocycles. The molecule has 0 saturated carbocycles. The van der Waals surface area contributed by atoms with Crippen LogP contribution in [0.5, 0.6) is 0 Å². The van der Waals surface area contributed by atoms with Crippen LogP contribution < -0.4 is 11.1 Å². The average molecular weight is 420 g/mol. The zero-order valence-electron chi connectivity index (χ0n) is 9.81. The number of nitrogens with two attached hydrogens (primary N) is 1. The maximum atomic E-state index is 12.1. The lowest BCUT2D eigenvalue weighted by atomic mass is 10.1. The number of halogens is 2. The number of carboxylic acids is 1. The third kappa shape index (κ3) is 3.20. The molecule has 0 fully saturated rings. The van der Waals surface area contributed by atoms with E-state index in [1.807, 2.05) is 0 Å². The van der Waals surface area contributed by atoms with Crippen molar-refractivity contribution in [3.8, 4) is 0 Å². The van der Waals surface area contributed by atoms with Gasteiger partial charge in [0.05, 0.1) is 24.4 Å². The van der Waals surface area contributed by atoms with Gasteiger partial charge in [-0.1, -0.05) is 0 Å². The summed E-state index contributed by atoms with van der Waals surface area (Å²) in [7, 11) is 0. The average Bonchev–Trinajstić information content (AvgIpc) is 2.68. The minimum atomic E-state index is -1.13. The number of carboxylic acid groups (broad SMARTS) is 1. The Morgan fingerprint density at radius 3 is 2.45 bits per heavy atom. The quantitative estimate of drug-likeness (QED) is 0.659. The van der Waals surface area contributed by atoms with E-state index in [4.69, 9.17) is 10.8 Å². The maximum Gasteiger partial charge on any atom is 0.337 e. The van der Waals surface area contributed by atoms with Gasteiger partial charge in [-0.3, -0.25) is 4.79 Å². The van der Waals surface area contributed by atoms with E-state index >= 15 is 0 Å². The lowest BCUT2D eigenvalue weighted by molar-refractivity contribution is 0.0698. The molecule has 0 spiro atoms. The molecule has 2 rings (SSSR count). The van der Waals surface area contributed by atoms with Crippen molar-refractivity contribution in [2.45, 2.75) is 0 Å². The smallest absolute Gasteiger partial charge is 0.337 e. The lowest BCUT2D eigenvalue weighted by Crippen LogP contribution is -2.14. The van der Waals surface area contributed by atoms with Gasteiger partial charge in [0.2, 0.25) is 0 Å². The van der Waals surface area contributed by atoms with Crippen LogP contribution in [0.4, 0.5) is 11.4 Å². The van der Waals surface area contributed by atoms with Gasteiger partial charge in [0.15, 0.2) is 0 Å². The van der Waals surface area contributed by atoms with Crippen LogP contribution in [0.3, 0.4) is 0 Å². The monoisotopic (exact) mass is 418 g/mol. The van der Waals surface area contributed by atoms with Crippen LogP contribution in [0.1, 0.15) is 20.7 Å². The number of carbonyl (C=O) groups excluding carboxylic acids is 1. The summed E-state index contributed by atoms with van der Waals surface area (Å²) >= 11 is 7.91. The molecule has 0 radical (unpaired) electrons. The van der Waals surface area contributed by atoms with E-state index in [0.717, 1.165) is 3.79 Å². The van der Waals surface area contributed by atoms with E-state index in [1.54, 1.807) is 6.07 Å². The first kappa shape index (κ1) is 15.0. The molecule has 0 aliphatic rings. The van der Waals surface area contributed by atoms with Crippen LogP contribution in [0.15, 0.2) is 31.8 Å². The zero-order valence-corrected chi connectivity index (χ0v) is 13.8. The Morgan fingerprint density at radius 1 is 1.20 bits per heavy atom. The largest absolute Gasteiger partial charge is 0.478 e. The number of nitrogen functional groups attached to an aromatic ring is 1. The number of hydrogen-bond acceptors (Lipinski definition) is 4. The molecule has 8 heteroatoms. The van der Waals surface area contributed by atoms with E-state index in [9.17, 15) is 9.59 Å². The number of nitrogens with one attached hydrogen (secondary N) is 1. The van der Waals surface area contributed by atoms with Crippen molar-refractivity contribution in [1.82, 2.24) is 0 Å². The Labute approximate surface area is 135 Å². The van der Waals surface area contributed by atoms with Crippen molar-refractivity contribution in [2.75, 3.05) is 11.1 Å². The molecule has 1 aromatic heterocycles. The molecule has 1 aromatic carbocycles. The molecule has 0 aliphatic heterocycles. The molecule has 0 bridgehead atoms. The molecular weight excluding hydrogens is 412 g/mol. The molecule has 4 N–H and O–H groups in total. The van der Waals surface area contributed by atoms with Crippen molar-refractivity contribution in [3.05, 3.63) is 43.0 Å². The molecule has 104 valence electrons. The summed E-state index contributed by atoms with van der Waals surface area (Å²) in [6, 6.07) is 5.88. The van der Waals surface area contributed by atoms with Gasteiger partial charge < -0.3 is 16.2 Å². The molecule has 0 unspecified atom stereocenters. The number of thiophene rings is 1. The van der Waals surface area contributed by atoms with Crippen LogP contribution in [-0.2, 0) is 0 Å². The fraction of sp³-hybridized carbons (Fsp3) is 0. The summed E-state index contributed by atoms with van der Waals surface area (Å²) < 4.78 is 1.45. The van der Waals surface area contributed by atoms with Crippen LogP contribution in [0.2, 0.25) is 0 Å². The standard InChI is InChI=1S/C12H8Br2N2O3S/c13-9-4-7(10(14)20-9)11(17)16-8-3-5(15)1-2-6(8)12(18)19/h1-4H,15H2,(H,16,17)(H,18,19). The Balaban J connectivity index is 2.34. The summed E-state index contributed by atoms with van der Waals surface area (Å²) in [5.41, 5.74) is 6.55. The minimum absolute atomic E-state index is 0.0158. The maximum absolute atomic E-state index is 12.1. The summed E-state index contributed by atoms with van der Waals surface area (Å²) in [6.45, 7) is 0. The summed E-state index contributed by atoms with van der Waals surface area (Å²) in [5, 5.41) is 11.7. The molecule has 20 heavy (non-hydrogen) atoms. The normalized spacial score (nSPS) is 10.3. The fourth-order valence-corrected chi connectivity index (χ4v) is 4.33. The highest BCUT2D eigenvalue weighted by Crippen LogP contribution is 2.32. The van der Waals surface area contributed by atoms with Gasteiger partial charge in [-0.25, -0.2) is 4.79 Å². The SMILES string of the molecule is Nc1ccc(C(=O)O)c(NC(=O)c2cc(Br)sc2Br)c1. The van der Waals surface area contributed by atoms with Crippen LogP contribution in [0, 0.1) is 0 Å². The predicted molar refractivity (Wildman–Crippen MR) is 85.5 cm³/mol. The van der Waals surface area contributed by atoms with E-state index in [2.05, 4.69) is 37.2 Å². The van der Waals surface area contributed by atoms with Crippen molar-refractivity contribution >= 4 is 66.4 Å². The van der Waals surface area contributed by atoms with E-state index in [0.29, 0.717) is 15.0 Å². The van der Waals surface area contributed by atoms with Gasteiger partial charge >= 0.3 is 5.97 Å². The van der Waals surface area contributed by atoms with E-state index in [-0.39, 0.29) is 11.3 Å².